The minimum atomic E-state index is -4.19. The van der Waals surface area contributed by atoms with Crippen molar-refractivity contribution in [2.45, 2.75) is 50.2 Å². The van der Waals surface area contributed by atoms with Gasteiger partial charge in [-0.15, -0.1) is 0 Å². The summed E-state index contributed by atoms with van der Waals surface area (Å²) < 4.78 is 28.2. The lowest BCUT2D eigenvalue weighted by molar-refractivity contribution is -0.396. The molecule has 0 N–H and O–H groups in total. The van der Waals surface area contributed by atoms with Gasteiger partial charge in [-0.2, -0.15) is 4.31 Å². The zero-order valence-electron chi connectivity index (χ0n) is 19.1. The van der Waals surface area contributed by atoms with Crippen molar-refractivity contribution in [2.75, 3.05) is 4.31 Å². The SMILES string of the molecule is Cc1ccc(S(=O)(=O)N2C(=O)C(Cc3ccccc3)(OOC(C)(C)C)c3ccccc32)cc1. The number of amides is 1. The van der Waals surface area contributed by atoms with Gasteiger partial charge in [0.1, 0.15) is 0 Å². The van der Waals surface area contributed by atoms with Crippen molar-refractivity contribution in [1.29, 1.82) is 0 Å². The molecule has 0 aromatic heterocycles. The standard InChI is InChI=1S/C26H27NO5S/c1-19-14-16-21(17-15-19)33(29,30)27-23-13-9-8-12-22(23)26(24(27)28,32-31-25(2,3)4)18-20-10-6-5-7-11-20/h5-17H,18H2,1-4H3. The zero-order valence-corrected chi connectivity index (χ0v) is 19.9. The Labute approximate surface area is 194 Å². The molecule has 0 spiro atoms. The number of nitrogens with zero attached hydrogens (tertiary/aromatic N) is 1. The molecule has 0 aliphatic carbocycles. The minimum Gasteiger partial charge on any atom is -0.269 e. The van der Waals surface area contributed by atoms with E-state index in [-0.39, 0.29) is 17.0 Å². The summed E-state index contributed by atoms with van der Waals surface area (Å²) in [6.45, 7) is 7.27. The maximum atomic E-state index is 14.0. The summed E-state index contributed by atoms with van der Waals surface area (Å²) in [7, 11) is -4.19. The van der Waals surface area contributed by atoms with E-state index in [9.17, 15) is 13.2 Å². The fourth-order valence-corrected chi connectivity index (χ4v) is 5.27. The summed E-state index contributed by atoms with van der Waals surface area (Å²) in [4.78, 5) is 25.6. The smallest absolute Gasteiger partial charge is 0.269 e. The highest BCUT2D eigenvalue weighted by Crippen LogP contribution is 2.47. The molecule has 0 saturated heterocycles. The number of para-hydroxylation sites is 1. The van der Waals surface area contributed by atoms with Crippen molar-refractivity contribution >= 4 is 21.6 Å². The van der Waals surface area contributed by atoms with Gasteiger partial charge in [-0.05, 0) is 51.5 Å². The minimum absolute atomic E-state index is 0.0310. The molecule has 1 aliphatic heterocycles. The van der Waals surface area contributed by atoms with Gasteiger partial charge >= 0.3 is 0 Å². The number of carbonyl (C=O) groups excluding carboxylic acids is 1. The highest BCUT2D eigenvalue weighted by atomic mass is 32.2. The number of anilines is 1. The van der Waals surface area contributed by atoms with Gasteiger partial charge in [0.15, 0.2) is 0 Å². The molecule has 1 unspecified atom stereocenters. The number of fused-ring (bicyclic) bond motifs is 1. The molecule has 0 saturated carbocycles. The summed E-state index contributed by atoms with van der Waals surface area (Å²) in [5.41, 5.74) is 0.0519. The van der Waals surface area contributed by atoms with Crippen molar-refractivity contribution in [3.05, 3.63) is 95.6 Å². The Morgan fingerprint density at radius 3 is 2.12 bits per heavy atom. The van der Waals surface area contributed by atoms with Crippen molar-refractivity contribution in [1.82, 2.24) is 0 Å². The van der Waals surface area contributed by atoms with E-state index < -0.39 is 27.1 Å². The Morgan fingerprint density at radius 2 is 1.48 bits per heavy atom. The predicted molar refractivity (Wildman–Crippen MR) is 126 cm³/mol. The van der Waals surface area contributed by atoms with E-state index in [1.54, 1.807) is 57.2 Å². The number of carbonyl (C=O) groups is 1. The molecule has 172 valence electrons. The van der Waals surface area contributed by atoms with E-state index in [2.05, 4.69) is 0 Å². The molecule has 0 radical (unpaired) electrons. The topological polar surface area (TPSA) is 72.9 Å². The molecule has 0 bridgehead atoms. The average molecular weight is 466 g/mol. The second-order valence-electron chi connectivity index (χ2n) is 9.17. The number of sulfonamides is 1. The van der Waals surface area contributed by atoms with Crippen molar-refractivity contribution in [2.24, 2.45) is 0 Å². The molecule has 33 heavy (non-hydrogen) atoms. The summed E-state index contributed by atoms with van der Waals surface area (Å²) >= 11 is 0. The van der Waals surface area contributed by atoms with E-state index in [0.717, 1.165) is 15.4 Å². The number of rotatable bonds is 6. The van der Waals surface area contributed by atoms with Crippen LogP contribution < -0.4 is 4.31 Å². The summed E-state index contributed by atoms with van der Waals surface area (Å²) in [5.74, 6) is -0.711. The van der Waals surface area contributed by atoms with E-state index in [1.807, 2.05) is 37.3 Å². The zero-order chi connectivity index (χ0) is 23.9. The average Bonchev–Trinajstić information content (AvgIpc) is 3.02. The first-order valence-electron chi connectivity index (χ1n) is 10.7. The van der Waals surface area contributed by atoms with Crippen LogP contribution in [0.1, 0.15) is 37.5 Å². The Kier molecular flexibility index (Phi) is 5.90. The van der Waals surface area contributed by atoms with Crippen LogP contribution in [0.4, 0.5) is 5.69 Å². The number of aryl methyl sites for hydroxylation is 1. The quantitative estimate of drug-likeness (QED) is 0.382. The summed E-state index contributed by atoms with van der Waals surface area (Å²) in [5, 5.41) is 0. The monoisotopic (exact) mass is 465 g/mol. The Morgan fingerprint density at radius 1 is 0.879 bits per heavy atom. The molecule has 6 nitrogen and oxygen atoms in total. The van der Waals surface area contributed by atoms with Crippen LogP contribution in [0.5, 0.6) is 0 Å². The van der Waals surface area contributed by atoms with Crippen LogP contribution in [0.3, 0.4) is 0 Å². The van der Waals surface area contributed by atoms with Crippen molar-refractivity contribution in [3.63, 3.8) is 0 Å². The normalized spacial score (nSPS) is 18.4. The van der Waals surface area contributed by atoms with Gasteiger partial charge in [-0.25, -0.2) is 18.2 Å². The predicted octanol–water partition coefficient (Wildman–Crippen LogP) is 4.92. The highest BCUT2D eigenvalue weighted by molar-refractivity contribution is 7.93. The number of hydrogen-bond donors (Lipinski definition) is 0. The largest absolute Gasteiger partial charge is 0.281 e. The van der Waals surface area contributed by atoms with Crippen LogP contribution in [-0.4, -0.2) is 19.9 Å². The lowest BCUT2D eigenvalue weighted by atomic mass is 9.88. The van der Waals surface area contributed by atoms with Gasteiger partial charge < -0.3 is 0 Å². The molecule has 1 atom stereocenters. The molecular formula is C26H27NO5S. The third kappa shape index (κ3) is 4.31. The fraction of sp³-hybridized carbons (Fsp3) is 0.269. The van der Waals surface area contributed by atoms with Crippen LogP contribution in [0, 0.1) is 6.92 Å². The fourth-order valence-electron chi connectivity index (χ4n) is 3.80. The number of hydrogen-bond acceptors (Lipinski definition) is 5. The van der Waals surface area contributed by atoms with Crippen molar-refractivity contribution in [3.8, 4) is 0 Å². The summed E-state index contributed by atoms with van der Waals surface area (Å²) in [6, 6.07) is 22.5. The maximum absolute atomic E-state index is 14.0. The van der Waals surface area contributed by atoms with Gasteiger partial charge in [-0.3, -0.25) is 4.79 Å². The van der Waals surface area contributed by atoms with E-state index in [0.29, 0.717) is 5.56 Å². The number of benzene rings is 3. The second kappa shape index (κ2) is 8.41. The van der Waals surface area contributed by atoms with Crippen LogP contribution in [0.25, 0.3) is 0 Å². The maximum Gasteiger partial charge on any atom is 0.281 e. The molecule has 3 aromatic carbocycles. The third-order valence-corrected chi connectivity index (χ3v) is 7.09. The summed E-state index contributed by atoms with van der Waals surface area (Å²) in [6.07, 6.45) is 0.111. The molecule has 7 heteroatoms. The van der Waals surface area contributed by atoms with Gasteiger partial charge in [0.05, 0.1) is 16.2 Å². The first-order chi connectivity index (χ1) is 15.5. The molecular weight excluding hydrogens is 438 g/mol. The first kappa shape index (κ1) is 23.2. The van der Waals surface area contributed by atoms with Gasteiger partial charge in [0, 0.05) is 12.0 Å². The lowest BCUT2D eigenvalue weighted by Crippen LogP contribution is -2.47. The molecule has 1 amide bonds. The van der Waals surface area contributed by atoms with Gasteiger partial charge in [0.25, 0.3) is 15.9 Å². The Hall–Kier alpha value is -3.00. The first-order valence-corrected chi connectivity index (χ1v) is 12.2. The van der Waals surface area contributed by atoms with Crippen LogP contribution in [-0.2, 0) is 36.6 Å². The van der Waals surface area contributed by atoms with E-state index in [1.165, 1.54) is 12.1 Å². The van der Waals surface area contributed by atoms with Gasteiger partial charge in [0.2, 0.25) is 5.60 Å². The Balaban J connectivity index is 1.88. The van der Waals surface area contributed by atoms with Crippen LogP contribution in [0.2, 0.25) is 0 Å². The molecule has 3 aromatic rings. The second-order valence-corrected chi connectivity index (χ2v) is 11.0. The molecule has 1 aliphatic rings. The Bertz CT molecular complexity index is 1260. The molecule has 4 rings (SSSR count). The van der Waals surface area contributed by atoms with Gasteiger partial charge in [-0.1, -0.05) is 66.2 Å². The van der Waals surface area contributed by atoms with Crippen LogP contribution in [0.15, 0.2) is 83.8 Å². The lowest BCUT2D eigenvalue weighted by Gasteiger charge is -2.31. The molecule has 0 fully saturated rings. The van der Waals surface area contributed by atoms with E-state index in [4.69, 9.17) is 9.78 Å². The molecule has 1 heterocycles. The third-order valence-electron chi connectivity index (χ3n) is 5.38. The highest BCUT2D eigenvalue weighted by Gasteiger charge is 2.57. The van der Waals surface area contributed by atoms with Crippen molar-refractivity contribution < 1.29 is 23.0 Å². The van der Waals surface area contributed by atoms with E-state index >= 15 is 0 Å². The van der Waals surface area contributed by atoms with Crippen LogP contribution >= 0.6 is 0 Å².